The van der Waals surface area contributed by atoms with Gasteiger partial charge in [-0.1, -0.05) is 41.9 Å². The Bertz CT molecular complexity index is 1210. The first-order valence-electron chi connectivity index (χ1n) is 11.6. The molecule has 5 rings (SSSR count). The summed E-state index contributed by atoms with van der Waals surface area (Å²) < 4.78 is 58.6. The van der Waals surface area contributed by atoms with E-state index in [0.717, 1.165) is 11.1 Å². The Balaban J connectivity index is 1.53. The lowest BCUT2D eigenvalue weighted by molar-refractivity contribution is -0.319. The zero-order chi connectivity index (χ0) is 25.3. The van der Waals surface area contributed by atoms with Crippen LogP contribution in [-0.2, 0) is 9.53 Å². The molecule has 0 radical (unpaired) electrons. The number of amides is 1. The summed E-state index contributed by atoms with van der Waals surface area (Å²) in [6.45, 7) is 1.98. The van der Waals surface area contributed by atoms with Crippen molar-refractivity contribution in [3.8, 4) is 11.5 Å². The van der Waals surface area contributed by atoms with Crippen LogP contribution in [0, 0.1) is 0 Å². The fourth-order valence-electron chi connectivity index (χ4n) is 4.62. The van der Waals surface area contributed by atoms with Gasteiger partial charge in [-0.05, 0) is 48.6 Å². The molecule has 1 N–H and O–H groups in total. The molecule has 1 fully saturated rings. The smallest absolute Gasteiger partial charge is 0.424 e. The van der Waals surface area contributed by atoms with Crippen LogP contribution >= 0.6 is 11.6 Å². The zero-order valence-electron chi connectivity index (χ0n) is 19.2. The van der Waals surface area contributed by atoms with Crippen LogP contribution in [0.15, 0.2) is 65.4 Å². The number of carbonyl (C=O) groups excluding carboxylic acids is 1. The number of carbonyl (C=O) groups is 1. The minimum atomic E-state index is -5.06. The SMILES string of the molecule is O=C(N[C@]1(C(F)(F)F)Oc2ccc(Cl)cc2O1)C1=C(N2CCOCC2)/C(=C/c2ccccc2)CCC1. The van der Waals surface area contributed by atoms with Crippen molar-refractivity contribution in [1.82, 2.24) is 10.2 Å². The highest BCUT2D eigenvalue weighted by molar-refractivity contribution is 6.30. The van der Waals surface area contributed by atoms with E-state index in [-0.39, 0.29) is 22.1 Å². The highest BCUT2D eigenvalue weighted by Gasteiger charge is 2.66. The van der Waals surface area contributed by atoms with Crippen LogP contribution in [0.1, 0.15) is 24.8 Å². The molecule has 0 bridgehead atoms. The zero-order valence-corrected chi connectivity index (χ0v) is 20.0. The lowest BCUT2D eigenvalue weighted by Gasteiger charge is -2.37. The summed E-state index contributed by atoms with van der Waals surface area (Å²) in [7, 11) is 0. The number of benzene rings is 2. The van der Waals surface area contributed by atoms with Gasteiger partial charge < -0.3 is 19.1 Å². The van der Waals surface area contributed by atoms with E-state index in [1.807, 2.05) is 46.6 Å². The van der Waals surface area contributed by atoms with E-state index in [2.05, 4.69) is 0 Å². The number of ether oxygens (including phenoxy) is 3. The maximum Gasteiger partial charge on any atom is 0.492 e. The Morgan fingerprint density at radius 2 is 1.75 bits per heavy atom. The Morgan fingerprint density at radius 3 is 2.47 bits per heavy atom. The van der Waals surface area contributed by atoms with Gasteiger partial charge in [-0.3, -0.25) is 10.1 Å². The number of allylic oxidation sites excluding steroid dienone is 1. The van der Waals surface area contributed by atoms with Crippen LogP contribution in [0.25, 0.3) is 6.08 Å². The van der Waals surface area contributed by atoms with E-state index in [1.165, 1.54) is 18.2 Å². The van der Waals surface area contributed by atoms with Crippen molar-refractivity contribution < 1.29 is 32.2 Å². The molecule has 36 heavy (non-hydrogen) atoms. The van der Waals surface area contributed by atoms with Crippen molar-refractivity contribution in [2.75, 3.05) is 26.3 Å². The summed E-state index contributed by atoms with van der Waals surface area (Å²) in [5.74, 6) is -4.61. The van der Waals surface area contributed by atoms with Crippen LogP contribution in [0.2, 0.25) is 5.02 Å². The lowest BCUT2D eigenvalue weighted by atomic mass is 9.88. The Morgan fingerprint density at radius 1 is 1.03 bits per heavy atom. The minimum Gasteiger partial charge on any atom is -0.424 e. The Hall–Kier alpha value is -3.17. The number of fused-ring (bicyclic) bond motifs is 1. The number of halogens is 4. The fraction of sp³-hybridized carbons (Fsp3) is 0.346. The number of rotatable bonds is 4. The summed E-state index contributed by atoms with van der Waals surface area (Å²) in [6, 6.07) is 13.5. The summed E-state index contributed by atoms with van der Waals surface area (Å²) in [6.07, 6.45) is -1.45. The molecule has 1 atom stereocenters. The van der Waals surface area contributed by atoms with Gasteiger partial charge in [0.1, 0.15) is 0 Å². The van der Waals surface area contributed by atoms with Crippen LogP contribution in [0.3, 0.4) is 0 Å². The van der Waals surface area contributed by atoms with Gasteiger partial charge >= 0.3 is 12.1 Å². The highest BCUT2D eigenvalue weighted by atomic mass is 35.5. The van der Waals surface area contributed by atoms with Gasteiger partial charge in [-0.2, -0.15) is 13.2 Å². The maximum atomic E-state index is 14.3. The van der Waals surface area contributed by atoms with Crippen LogP contribution in [0.5, 0.6) is 11.5 Å². The van der Waals surface area contributed by atoms with E-state index in [1.54, 1.807) is 0 Å². The van der Waals surface area contributed by atoms with Gasteiger partial charge in [0.25, 0.3) is 5.91 Å². The van der Waals surface area contributed by atoms with E-state index < -0.39 is 18.0 Å². The predicted octanol–water partition coefficient (Wildman–Crippen LogP) is 5.30. The second-order valence-corrected chi connectivity index (χ2v) is 9.16. The van der Waals surface area contributed by atoms with Crippen LogP contribution < -0.4 is 14.8 Å². The topological polar surface area (TPSA) is 60.0 Å². The molecule has 0 spiro atoms. The molecular weight excluding hydrogens is 497 g/mol. The van der Waals surface area contributed by atoms with Gasteiger partial charge in [0, 0.05) is 35.4 Å². The molecular formula is C26H24ClF3N2O4. The summed E-state index contributed by atoms with van der Waals surface area (Å²) in [5, 5.41) is 2.21. The quantitative estimate of drug-likeness (QED) is 0.593. The molecule has 0 saturated carbocycles. The number of nitrogens with one attached hydrogen (secondary N) is 1. The molecule has 190 valence electrons. The maximum absolute atomic E-state index is 14.3. The predicted molar refractivity (Wildman–Crippen MR) is 127 cm³/mol. The molecule has 2 aromatic carbocycles. The fourth-order valence-corrected chi connectivity index (χ4v) is 4.78. The molecule has 1 saturated heterocycles. The average molecular weight is 521 g/mol. The van der Waals surface area contributed by atoms with Crippen molar-refractivity contribution in [3.63, 3.8) is 0 Å². The van der Waals surface area contributed by atoms with Crippen molar-refractivity contribution in [3.05, 3.63) is 76.0 Å². The van der Waals surface area contributed by atoms with Crippen molar-refractivity contribution in [2.24, 2.45) is 0 Å². The third kappa shape index (κ3) is 4.77. The third-order valence-corrected chi connectivity index (χ3v) is 6.50. The largest absolute Gasteiger partial charge is 0.492 e. The molecule has 2 heterocycles. The minimum absolute atomic E-state index is 0.160. The first-order chi connectivity index (χ1) is 17.3. The molecule has 1 amide bonds. The molecule has 10 heteroatoms. The second-order valence-electron chi connectivity index (χ2n) is 8.72. The summed E-state index contributed by atoms with van der Waals surface area (Å²) >= 11 is 5.91. The van der Waals surface area contributed by atoms with Crippen molar-refractivity contribution in [1.29, 1.82) is 0 Å². The molecule has 1 aliphatic carbocycles. The van der Waals surface area contributed by atoms with E-state index in [0.29, 0.717) is 51.3 Å². The van der Waals surface area contributed by atoms with E-state index >= 15 is 0 Å². The molecule has 6 nitrogen and oxygen atoms in total. The summed E-state index contributed by atoms with van der Waals surface area (Å²) in [5.41, 5.74) is 2.74. The Kier molecular flexibility index (Phi) is 6.61. The standard InChI is InChI=1S/C26H24ClF3N2O4/c27-19-9-10-21-22(16-19)36-26(35-21,25(28,29)30)31-24(33)20-8-4-7-18(15-17-5-2-1-3-6-17)23(20)32-11-13-34-14-12-32/h1-3,5-6,9-10,15-16H,4,7-8,11-14H2,(H,31,33)/b18-15+/t26-/m1/s1. The number of nitrogens with zero attached hydrogens (tertiary/aromatic N) is 1. The van der Waals surface area contributed by atoms with Gasteiger partial charge in [0.2, 0.25) is 0 Å². The third-order valence-electron chi connectivity index (χ3n) is 6.27. The molecule has 0 aromatic heterocycles. The van der Waals surface area contributed by atoms with Crippen molar-refractivity contribution in [2.45, 2.75) is 31.3 Å². The normalized spacial score (nSPS) is 23.2. The number of morpholine rings is 1. The number of hydrogen-bond donors (Lipinski definition) is 1. The average Bonchev–Trinajstić information content (AvgIpc) is 3.23. The molecule has 2 aliphatic heterocycles. The summed E-state index contributed by atoms with van der Waals surface area (Å²) in [4.78, 5) is 15.5. The lowest BCUT2D eigenvalue weighted by Crippen LogP contribution is -2.65. The second kappa shape index (κ2) is 9.71. The molecule has 2 aromatic rings. The first kappa shape index (κ1) is 24.5. The van der Waals surface area contributed by atoms with Gasteiger partial charge in [-0.15, -0.1) is 0 Å². The number of hydrogen-bond acceptors (Lipinski definition) is 5. The van der Waals surface area contributed by atoms with Crippen molar-refractivity contribution >= 4 is 23.6 Å². The van der Waals surface area contributed by atoms with E-state index in [4.69, 9.17) is 25.8 Å². The highest BCUT2D eigenvalue weighted by Crippen LogP contribution is 2.46. The first-order valence-corrected chi connectivity index (χ1v) is 12.0. The monoisotopic (exact) mass is 520 g/mol. The van der Waals surface area contributed by atoms with Gasteiger partial charge in [0.05, 0.1) is 13.2 Å². The number of alkyl halides is 3. The van der Waals surface area contributed by atoms with Crippen LogP contribution in [-0.4, -0.2) is 49.2 Å². The van der Waals surface area contributed by atoms with Gasteiger partial charge in [-0.25, -0.2) is 0 Å². The molecule has 3 aliphatic rings. The Labute approximate surface area is 211 Å². The van der Waals surface area contributed by atoms with Crippen LogP contribution in [0.4, 0.5) is 13.2 Å². The van der Waals surface area contributed by atoms with Gasteiger partial charge in [0.15, 0.2) is 11.5 Å². The molecule has 0 unspecified atom stereocenters. The van der Waals surface area contributed by atoms with E-state index in [9.17, 15) is 18.0 Å².